The maximum atomic E-state index is 3.66. The van der Waals surface area contributed by atoms with Gasteiger partial charge in [0.25, 0.3) is 0 Å². The molecule has 0 amide bonds. The maximum absolute atomic E-state index is 3.66. The molecule has 0 aliphatic carbocycles. The van der Waals surface area contributed by atoms with Crippen molar-refractivity contribution in [2.24, 2.45) is 5.92 Å². The molecule has 1 aromatic rings. The average Bonchev–Trinajstić information content (AvgIpc) is 2.74. The molecule has 15 heavy (non-hydrogen) atoms. The number of nitrogens with one attached hydrogen (secondary N) is 2. The molecule has 2 atom stereocenters. The number of rotatable bonds is 1. The SMILES string of the molecule is c1ccc2c(c1)CC(C1CCCNC1)N2. The fraction of sp³-hybridized carbons (Fsp3) is 0.538. The molecule has 1 fully saturated rings. The number of anilines is 1. The van der Waals surface area contributed by atoms with Crippen LogP contribution >= 0.6 is 0 Å². The van der Waals surface area contributed by atoms with E-state index in [9.17, 15) is 0 Å². The highest BCUT2D eigenvalue weighted by Crippen LogP contribution is 2.30. The monoisotopic (exact) mass is 202 g/mol. The first-order valence-corrected chi connectivity index (χ1v) is 5.98. The number of para-hydroxylation sites is 1. The van der Waals surface area contributed by atoms with Gasteiger partial charge in [0.2, 0.25) is 0 Å². The van der Waals surface area contributed by atoms with Crippen molar-refractivity contribution in [1.82, 2.24) is 5.32 Å². The molecule has 2 heteroatoms. The van der Waals surface area contributed by atoms with Crippen molar-refractivity contribution in [1.29, 1.82) is 0 Å². The van der Waals surface area contributed by atoms with Gasteiger partial charge >= 0.3 is 0 Å². The standard InChI is InChI=1S/C13H18N2/c1-2-6-12-10(4-1)8-13(15-12)11-5-3-7-14-9-11/h1-2,4,6,11,13-15H,3,5,7-9H2. The van der Waals surface area contributed by atoms with Gasteiger partial charge in [-0.2, -0.15) is 0 Å². The molecule has 3 rings (SSSR count). The third kappa shape index (κ3) is 1.74. The molecule has 0 bridgehead atoms. The van der Waals surface area contributed by atoms with Gasteiger partial charge in [0.1, 0.15) is 0 Å². The first-order valence-electron chi connectivity index (χ1n) is 5.98. The largest absolute Gasteiger partial charge is 0.381 e. The van der Waals surface area contributed by atoms with Crippen LogP contribution in [-0.2, 0) is 6.42 Å². The van der Waals surface area contributed by atoms with Gasteiger partial charge in [-0.1, -0.05) is 18.2 Å². The summed E-state index contributed by atoms with van der Waals surface area (Å²) in [4.78, 5) is 0. The summed E-state index contributed by atoms with van der Waals surface area (Å²) in [5.41, 5.74) is 2.85. The Bertz CT molecular complexity index is 317. The van der Waals surface area contributed by atoms with Gasteiger partial charge in [-0.25, -0.2) is 0 Å². The first-order chi connectivity index (χ1) is 7.43. The highest BCUT2D eigenvalue weighted by Gasteiger charge is 2.28. The molecule has 1 saturated heterocycles. The molecule has 2 aliphatic rings. The van der Waals surface area contributed by atoms with Gasteiger partial charge in [-0.05, 0) is 49.9 Å². The summed E-state index contributed by atoms with van der Waals surface area (Å²) in [5.74, 6) is 0.811. The summed E-state index contributed by atoms with van der Waals surface area (Å²) in [7, 11) is 0. The van der Waals surface area contributed by atoms with Crippen LogP contribution in [0, 0.1) is 5.92 Å². The van der Waals surface area contributed by atoms with Gasteiger partial charge in [0, 0.05) is 11.7 Å². The molecule has 0 spiro atoms. The molecule has 1 aromatic carbocycles. The lowest BCUT2D eigenvalue weighted by Gasteiger charge is -2.28. The van der Waals surface area contributed by atoms with Crippen LogP contribution in [0.25, 0.3) is 0 Å². The molecule has 80 valence electrons. The van der Waals surface area contributed by atoms with Crippen molar-refractivity contribution in [2.75, 3.05) is 18.4 Å². The minimum atomic E-state index is 0.662. The third-order valence-corrected chi connectivity index (χ3v) is 3.70. The summed E-state index contributed by atoms with van der Waals surface area (Å²) < 4.78 is 0. The zero-order valence-electron chi connectivity index (χ0n) is 9.00. The molecule has 2 N–H and O–H groups in total. The Morgan fingerprint density at radius 2 is 2.13 bits per heavy atom. The van der Waals surface area contributed by atoms with Crippen LogP contribution < -0.4 is 10.6 Å². The topological polar surface area (TPSA) is 24.1 Å². The van der Waals surface area contributed by atoms with E-state index in [-0.39, 0.29) is 0 Å². The third-order valence-electron chi connectivity index (χ3n) is 3.70. The Kier molecular flexibility index (Phi) is 2.37. The second-order valence-corrected chi connectivity index (χ2v) is 4.72. The summed E-state index contributed by atoms with van der Waals surface area (Å²) in [6, 6.07) is 9.37. The highest BCUT2D eigenvalue weighted by atomic mass is 15.0. The van der Waals surface area contributed by atoms with Gasteiger partial charge < -0.3 is 10.6 Å². The molecule has 0 aromatic heterocycles. The fourth-order valence-corrected chi connectivity index (χ4v) is 2.83. The van der Waals surface area contributed by atoms with Gasteiger partial charge in [-0.3, -0.25) is 0 Å². The minimum absolute atomic E-state index is 0.662. The van der Waals surface area contributed by atoms with E-state index in [4.69, 9.17) is 0 Å². The highest BCUT2D eigenvalue weighted by molar-refractivity contribution is 5.56. The fourth-order valence-electron chi connectivity index (χ4n) is 2.83. The molecule has 2 heterocycles. The van der Waals surface area contributed by atoms with Crippen LogP contribution in [0.1, 0.15) is 18.4 Å². The zero-order chi connectivity index (χ0) is 10.1. The molecule has 2 aliphatic heterocycles. The van der Waals surface area contributed by atoms with E-state index in [1.54, 1.807) is 0 Å². The molecule has 2 nitrogen and oxygen atoms in total. The van der Waals surface area contributed by atoms with Crippen LogP contribution in [0.5, 0.6) is 0 Å². The maximum Gasteiger partial charge on any atom is 0.0375 e. The first kappa shape index (κ1) is 9.22. The summed E-state index contributed by atoms with van der Waals surface area (Å²) >= 11 is 0. The molecule has 0 radical (unpaired) electrons. The quantitative estimate of drug-likeness (QED) is 0.728. The lowest BCUT2D eigenvalue weighted by atomic mass is 9.90. The minimum Gasteiger partial charge on any atom is -0.381 e. The van der Waals surface area contributed by atoms with Crippen LogP contribution in [-0.4, -0.2) is 19.1 Å². The Morgan fingerprint density at radius 1 is 1.20 bits per heavy atom. The van der Waals surface area contributed by atoms with E-state index in [1.165, 1.54) is 43.6 Å². The zero-order valence-corrected chi connectivity index (χ0v) is 9.00. The average molecular weight is 202 g/mol. The summed E-state index contributed by atoms with van der Waals surface area (Å²) in [6.07, 6.45) is 3.92. The van der Waals surface area contributed by atoms with Crippen LogP contribution in [0.4, 0.5) is 5.69 Å². The number of hydrogen-bond acceptors (Lipinski definition) is 2. The Hall–Kier alpha value is -1.02. The van der Waals surface area contributed by atoms with Crippen molar-refractivity contribution in [2.45, 2.75) is 25.3 Å². The van der Waals surface area contributed by atoms with E-state index < -0.39 is 0 Å². The van der Waals surface area contributed by atoms with E-state index in [0.717, 1.165) is 5.92 Å². The second kappa shape index (κ2) is 3.86. The van der Waals surface area contributed by atoms with E-state index in [0.29, 0.717) is 6.04 Å². The van der Waals surface area contributed by atoms with Gasteiger partial charge in [-0.15, -0.1) is 0 Å². The van der Waals surface area contributed by atoms with Gasteiger partial charge in [0.05, 0.1) is 0 Å². The Morgan fingerprint density at radius 3 is 2.93 bits per heavy atom. The normalized spacial score (nSPS) is 29.6. The second-order valence-electron chi connectivity index (χ2n) is 4.72. The predicted octanol–water partition coefficient (Wildman–Crippen LogP) is 2.02. The smallest absolute Gasteiger partial charge is 0.0375 e. The molecule has 2 unspecified atom stereocenters. The summed E-state index contributed by atoms with van der Waals surface area (Å²) in [6.45, 7) is 2.39. The van der Waals surface area contributed by atoms with Crippen LogP contribution in [0.2, 0.25) is 0 Å². The van der Waals surface area contributed by atoms with Crippen molar-refractivity contribution >= 4 is 5.69 Å². The van der Waals surface area contributed by atoms with Crippen molar-refractivity contribution in [3.8, 4) is 0 Å². The van der Waals surface area contributed by atoms with E-state index in [1.807, 2.05) is 0 Å². The number of piperidine rings is 1. The molecule has 0 saturated carbocycles. The van der Waals surface area contributed by atoms with E-state index >= 15 is 0 Å². The molecular weight excluding hydrogens is 184 g/mol. The van der Waals surface area contributed by atoms with Crippen molar-refractivity contribution in [3.63, 3.8) is 0 Å². The lowest BCUT2D eigenvalue weighted by Crippen LogP contribution is -2.39. The number of fused-ring (bicyclic) bond motifs is 1. The van der Waals surface area contributed by atoms with Crippen LogP contribution in [0.15, 0.2) is 24.3 Å². The predicted molar refractivity (Wildman–Crippen MR) is 63.2 cm³/mol. The van der Waals surface area contributed by atoms with Crippen LogP contribution in [0.3, 0.4) is 0 Å². The molecular formula is C13H18N2. The van der Waals surface area contributed by atoms with Gasteiger partial charge in [0.15, 0.2) is 0 Å². The number of benzene rings is 1. The van der Waals surface area contributed by atoms with E-state index in [2.05, 4.69) is 34.9 Å². The Labute approximate surface area is 91.1 Å². The lowest BCUT2D eigenvalue weighted by molar-refractivity contribution is 0.339. The Balaban J connectivity index is 1.72. The van der Waals surface area contributed by atoms with Crippen molar-refractivity contribution < 1.29 is 0 Å². The number of hydrogen-bond donors (Lipinski definition) is 2. The summed E-state index contributed by atoms with van der Waals surface area (Å²) in [5, 5.41) is 7.16. The van der Waals surface area contributed by atoms with Crippen molar-refractivity contribution in [3.05, 3.63) is 29.8 Å².